The minimum absolute atomic E-state index is 0.0464. The Morgan fingerprint density at radius 1 is 1.36 bits per heavy atom. The number of nitrogens with one attached hydrogen (secondary N) is 1. The smallest absolute Gasteiger partial charge is 0.263 e. The largest absolute Gasteiger partial charge is 0.381 e. The van der Waals surface area contributed by atoms with Gasteiger partial charge in [-0.2, -0.15) is 5.06 Å². The minimum atomic E-state index is -0.586. The van der Waals surface area contributed by atoms with Crippen molar-refractivity contribution in [3.05, 3.63) is 47.3 Å². The van der Waals surface area contributed by atoms with Crippen LogP contribution in [-0.2, 0) is 13.0 Å². The fourth-order valence-corrected chi connectivity index (χ4v) is 2.92. The van der Waals surface area contributed by atoms with Crippen molar-refractivity contribution in [3.8, 4) is 0 Å². The highest BCUT2D eigenvalue weighted by atomic mass is 19.1. The van der Waals surface area contributed by atoms with Gasteiger partial charge in [-0.05, 0) is 17.5 Å². The normalized spacial score (nSPS) is 14.5. The summed E-state index contributed by atoms with van der Waals surface area (Å²) in [4.78, 5) is 20.7. The number of hydroxylamine groups is 2. The van der Waals surface area contributed by atoms with Crippen LogP contribution in [0, 0.1) is 5.82 Å². The molecule has 25 heavy (non-hydrogen) atoms. The molecular weight excluding hydrogens is 329 g/mol. The third kappa shape index (κ3) is 2.66. The van der Waals surface area contributed by atoms with Crippen molar-refractivity contribution in [1.82, 2.24) is 24.6 Å². The van der Waals surface area contributed by atoms with Crippen molar-refractivity contribution in [1.29, 1.82) is 0 Å². The zero-order valence-electron chi connectivity index (χ0n) is 13.0. The third-order valence-electron chi connectivity index (χ3n) is 4.06. The molecule has 1 aliphatic rings. The summed E-state index contributed by atoms with van der Waals surface area (Å²) in [6.07, 6.45) is 5.85. The van der Waals surface area contributed by atoms with Gasteiger partial charge >= 0.3 is 0 Å². The number of aromatic nitrogens is 4. The lowest BCUT2D eigenvalue weighted by Crippen LogP contribution is -2.28. The van der Waals surface area contributed by atoms with Gasteiger partial charge in [0.15, 0.2) is 17.3 Å². The maximum absolute atomic E-state index is 13.2. The lowest BCUT2D eigenvalue weighted by molar-refractivity contribution is -0.103. The molecular formula is C15H14FN7O2. The van der Waals surface area contributed by atoms with E-state index in [1.54, 1.807) is 12.4 Å². The number of carbonyl (C=O) groups is 1. The van der Waals surface area contributed by atoms with E-state index in [-0.39, 0.29) is 17.0 Å². The first kappa shape index (κ1) is 15.4. The molecule has 0 aliphatic carbocycles. The van der Waals surface area contributed by atoms with Crippen LogP contribution in [0.5, 0.6) is 0 Å². The van der Waals surface area contributed by atoms with Crippen LogP contribution in [0.2, 0.25) is 0 Å². The van der Waals surface area contributed by atoms with Crippen molar-refractivity contribution < 1.29 is 14.4 Å². The first-order valence-corrected chi connectivity index (χ1v) is 7.53. The molecule has 0 spiro atoms. The van der Waals surface area contributed by atoms with E-state index >= 15 is 0 Å². The Bertz CT molecular complexity index is 987. The minimum Gasteiger partial charge on any atom is -0.381 e. The Hall–Kier alpha value is -3.11. The summed E-state index contributed by atoms with van der Waals surface area (Å²) in [6, 6.07) is 0. The molecule has 3 aromatic rings. The van der Waals surface area contributed by atoms with Gasteiger partial charge in [0.05, 0.1) is 30.8 Å². The molecule has 1 amide bonds. The third-order valence-corrected chi connectivity index (χ3v) is 4.06. The number of rotatable bonds is 2. The summed E-state index contributed by atoms with van der Waals surface area (Å²) in [6.45, 7) is 0.797. The zero-order valence-corrected chi connectivity index (χ0v) is 13.0. The van der Waals surface area contributed by atoms with Crippen molar-refractivity contribution in [2.24, 2.45) is 0 Å². The number of hydrogen-bond donors (Lipinski definition) is 3. The number of nitrogen functional groups attached to an aromatic ring is 1. The van der Waals surface area contributed by atoms with Crippen molar-refractivity contribution in [3.63, 3.8) is 0 Å². The van der Waals surface area contributed by atoms with Gasteiger partial charge in [0.2, 0.25) is 0 Å². The predicted octanol–water partition coefficient (Wildman–Crippen LogP) is 0.845. The number of halogens is 1. The number of anilines is 2. The summed E-state index contributed by atoms with van der Waals surface area (Å²) in [5, 5.41) is 17.5. The molecule has 0 atom stereocenters. The highest BCUT2D eigenvalue weighted by molar-refractivity contribution is 6.11. The second kappa shape index (κ2) is 5.76. The molecule has 10 heteroatoms. The molecule has 0 aromatic carbocycles. The second-order valence-corrected chi connectivity index (χ2v) is 5.72. The maximum Gasteiger partial charge on any atom is 0.263 e. The molecule has 0 saturated carbocycles. The highest BCUT2D eigenvalue weighted by Gasteiger charge is 2.23. The monoisotopic (exact) mass is 343 g/mol. The van der Waals surface area contributed by atoms with Crippen molar-refractivity contribution in [2.75, 3.05) is 17.6 Å². The number of nitrogens with zero attached hydrogens (tertiary/aromatic N) is 5. The molecule has 3 aromatic heterocycles. The van der Waals surface area contributed by atoms with E-state index in [9.17, 15) is 14.4 Å². The zero-order chi connectivity index (χ0) is 17.6. The molecule has 4 rings (SSSR count). The second-order valence-electron chi connectivity index (χ2n) is 5.72. The van der Waals surface area contributed by atoms with Gasteiger partial charge in [0, 0.05) is 12.7 Å². The van der Waals surface area contributed by atoms with Crippen molar-refractivity contribution in [2.45, 2.75) is 13.0 Å². The van der Waals surface area contributed by atoms with E-state index in [4.69, 9.17) is 5.73 Å². The topological polar surface area (TPSA) is 122 Å². The van der Waals surface area contributed by atoms with Gasteiger partial charge in [-0.3, -0.25) is 9.78 Å². The molecule has 4 heterocycles. The summed E-state index contributed by atoms with van der Waals surface area (Å²) in [5.74, 6) is -1.14. The van der Waals surface area contributed by atoms with Gasteiger partial charge < -0.3 is 16.3 Å². The van der Waals surface area contributed by atoms with Crippen LogP contribution >= 0.6 is 0 Å². The van der Waals surface area contributed by atoms with Gasteiger partial charge in [0.25, 0.3) is 5.91 Å². The first-order chi connectivity index (χ1) is 12.0. The summed E-state index contributed by atoms with van der Waals surface area (Å²) in [5.41, 5.74) is 8.31. The van der Waals surface area contributed by atoms with Crippen LogP contribution in [0.4, 0.5) is 15.9 Å². The van der Waals surface area contributed by atoms with Crippen LogP contribution in [0.3, 0.4) is 0 Å². The number of pyridine rings is 1. The number of nitrogens with two attached hydrogens (primary N) is 1. The highest BCUT2D eigenvalue weighted by Crippen LogP contribution is 2.26. The summed E-state index contributed by atoms with van der Waals surface area (Å²) in [7, 11) is 0. The number of hydrogen-bond acceptors (Lipinski definition) is 7. The van der Waals surface area contributed by atoms with Gasteiger partial charge in [0.1, 0.15) is 5.56 Å². The van der Waals surface area contributed by atoms with Gasteiger partial charge in [-0.15, -0.1) is 5.10 Å². The fraction of sp³-hybridized carbons (Fsp3) is 0.200. The lowest BCUT2D eigenvalue weighted by atomic mass is 10.0. The SMILES string of the molecule is Nc1nn2cc(F)cnc2c1C(=O)Nc1cncc2c1CCN(O)C2. The standard InChI is InChI=1S/C15H14FN7O2/c16-9-4-19-14-12(13(17)21-23(14)7-9)15(24)20-11-5-18-3-8-6-22(25)2-1-10(8)11/h3-5,7,25H,1-2,6H2,(H2,17,21)(H,20,24). The molecule has 0 unspecified atom stereocenters. The first-order valence-electron chi connectivity index (χ1n) is 7.53. The molecule has 1 aliphatic heterocycles. The lowest BCUT2D eigenvalue weighted by Gasteiger charge is -2.24. The molecule has 128 valence electrons. The maximum atomic E-state index is 13.2. The fourth-order valence-electron chi connectivity index (χ4n) is 2.92. The van der Waals surface area contributed by atoms with Gasteiger partial charge in [-0.1, -0.05) is 0 Å². The summed E-state index contributed by atoms with van der Waals surface area (Å²) >= 11 is 0. The number of amides is 1. The molecule has 9 nitrogen and oxygen atoms in total. The Kier molecular flexibility index (Phi) is 3.55. The van der Waals surface area contributed by atoms with E-state index in [0.29, 0.717) is 25.2 Å². The van der Waals surface area contributed by atoms with E-state index < -0.39 is 11.7 Å². The van der Waals surface area contributed by atoms with Gasteiger partial charge in [-0.25, -0.2) is 13.9 Å². The average Bonchev–Trinajstić information content (AvgIpc) is 2.89. The van der Waals surface area contributed by atoms with Crippen LogP contribution < -0.4 is 11.1 Å². The number of carbonyl (C=O) groups excluding carboxylic acids is 1. The quantitative estimate of drug-likeness (QED) is 0.630. The van der Waals surface area contributed by atoms with E-state index in [1.165, 1.54) is 5.06 Å². The van der Waals surface area contributed by atoms with Crippen LogP contribution in [0.1, 0.15) is 21.5 Å². The van der Waals surface area contributed by atoms with Crippen LogP contribution in [0.15, 0.2) is 24.8 Å². The van der Waals surface area contributed by atoms with Crippen LogP contribution in [0.25, 0.3) is 5.65 Å². The van der Waals surface area contributed by atoms with E-state index in [0.717, 1.165) is 28.0 Å². The Morgan fingerprint density at radius 2 is 2.20 bits per heavy atom. The molecule has 0 bridgehead atoms. The average molecular weight is 343 g/mol. The Balaban J connectivity index is 1.70. The molecule has 0 fully saturated rings. The summed E-state index contributed by atoms with van der Waals surface area (Å²) < 4.78 is 14.4. The Morgan fingerprint density at radius 3 is 3.04 bits per heavy atom. The van der Waals surface area contributed by atoms with E-state index in [2.05, 4.69) is 20.4 Å². The van der Waals surface area contributed by atoms with Crippen LogP contribution in [-0.4, -0.2) is 42.3 Å². The molecule has 0 radical (unpaired) electrons. The number of fused-ring (bicyclic) bond motifs is 2. The molecule has 0 saturated heterocycles. The van der Waals surface area contributed by atoms with Crippen molar-refractivity contribution >= 4 is 23.1 Å². The Labute approximate surface area is 140 Å². The molecule has 4 N–H and O–H groups in total. The predicted molar refractivity (Wildman–Crippen MR) is 85.4 cm³/mol. The van der Waals surface area contributed by atoms with E-state index in [1.807, 2.05) is 0 Å².